The average Bonchev–Trinajstić information content (AvgIpc) is 3.04. The predicted molar refractivity (Wildman–Crippen MR) is 98.1 cm³/mol. The minimum absolute atomic E-state index is 0.0121. The van der Waals surface area contributed by atoms with Crippen LogP contribution in [0.15, 0.2) is 60.0 Å². The van der Waals surface area contributed by atoms with E-state index in [1.54, 1.807) is 23.3 Å². The second kappa shape index (κ2) is 6.26. The Kier molecular flexibility index (Phi) is 4.17. The predicted octanol–water partition coefficient (Wildman–Crippen LogP) is 4.58. The third-order valence-corrected chi connectivity index (χ3v) is 4.71. The first kappa shape index (κ1) is 15.3. The van der Waals surface area contributed by atoms with Crippen LogP contribution >= 0.6 is 11.3 Å². The Hall–Kier alpha value is -2.59. The maximum atomic E-state index is 12.6. The molecule has 0 aliphatic rings. The van der Waals surface area contributed by atoms with Crippen molar-refractivity contribution in [2.75, 3.05) is 17.7 Å². The van der Waals surface area contributed by atoms with Crippen molar-refractivity contribution in [3.8, 4) is 10.4 Å². The first-order valence-corrected chi connectivity index (χ1v) is 8.22. The molecule has 0 atom stereocenters. The molecule has 2 N–H and O–H groups in total. The van der Waals surface area contributed by atoms with Gasteiger partial charge in [0.2, 0.25) is 0 Å². The summed E-state index contributed by atoms with van der Waals surface area (Å²) in [6, 6.07) is 17.4. The Balaban J connectivity index is 1.84. The molecule has 1 amide bonds. The second-order valence-electron chi connectivity index (χ2n) is 5.52. The molecule has 0 radical (unpaired) electrons. The van der Waals surface area contributed by atoms with Gasteiger partial charge in [-0.3, -0.25) is 4.79 Å². The lowest BCUT2D eigenvalue weighted by molar-refractivity contribution is 0.0993. The number of anilines is 2. The largest absolute Gasteiger partial charge is 0.399 e. The summed E-state index contributed by atoms with van der Waals surface area (Å²) in [5.41, 5.74) is 10.4. The van der Waals surface area contributed by atoms with Crippen molar-refractivity contribution in [3.05, 3.63) is 71.1 Å². The van der Waals surface area contributed by atoms with E-state index in [9.17, 15) is 4.79 Å². The van der Waals surface area contributed by atoms with Crippen LogP contribution < -0.4 is 10.6 Å². The normalized spacial score (nSPS) is 10.5. The maximum absolute atomic E-state index is 12.6. The molecular formula is C19H18N2OS. The van der Waals surface area contributed by atoms with E-state index in [1.807, 2.05) is 66.9 Å². The summed E-state index contributed by atoms with van der Waals surface area (Å²) in [4.78, 5) is 15.3. The summed E-state index contributed by atoms with van der Waals surface area (Å²) in [7, 11) is 1.80. The van der Waals surface area contributed by atoms with Crippen molar-refractivity contribution in [1.29, 1.82) is 0 Å². The molecule has 0 saturated heterocycles. The maximum Gasteiger partial charge on any atom is 0.258 e. The van der Waals surface area contributed by atoms with Crippen molar-refractivity contribution in [2.45, 2.75) is 6.92 Å². The van der Waals surface area contributed by atoms with E-state index in [0.29, 0.717) is 5.56 Å². The molecule has 0 bridgehead atoms. The molecule has 4 heteroatoms. The second-order valence-corrected chi connectivity index (χ2v) is 6.44. The molecule has 0 saturated carbocycles. The van der Waals surface area contributed by atoms with E-state index in [2.05, 4.69) is 0 Å². The quantitative estimate of drug-likeness (QED) is 0.717. The number of hydrogen-bond donors (Lipinski definition) is 1. The molecule has 3 nitrogen and oxygen atoms in total. The van der Waals surface area contributed by atoms with Gasteiger partial charge in [0.05, 0.1) is 5.69 Å². The standard InChI is InChI=1S/C19H18N2OS/c1-13-6-8-14(9-7-13)19(22)21(2)17-11-18(23-12-17)15-4-3-5-16(20)10-15/h3-12H,20H2,1-2H3. The van der Waals surface area contributed by atoms with E-state index >= 15 is 0 Å². The number of carbonyl (C=O) groups is 1. The molecule has 3 rings (SSSR count). The van der Waals surface area contributed by atoms with Gasteiger partial charge < -0.3 is 10.6 Å². The van der Waals surface area contributed by atoms with Gasteiger partial charge >= 0.3 is 0 Å². The lowest BCUT2D eigenvalue weighted by Gasteiger charge is -2.15. The highest BCUT2D eigenvalue weighted by Crippen LogP contribution is 2.32. The number of nitrogen functional groups attached to an aromatic ring is 1. The summed E-state index contributed by atoms with van der Waals surface area (Å²) >= 11 is 1.61. The highest BCUT2D eigenvalue weighted by molar-refractivity contribution is 7.14. The van der Waals surface area contributed by atoms with Gasteiger partial charge in [0.1, 0.15) is 0 Å². The van der Waals surface area contributed by atoms with Crippen molar-refractivity contribution in [3.63, 3.8) is 0 Å². The zero-order valence-electron chi connectivity index (χ0n) is 13.1. The third kappa shape index (κ3) is 3.27. The smallest absolute Gasteiger partial charge is 0.258 e. The number of carbonyl (C=O) groups excluding carboxylic acids is 1. The fourth-order valence-corrected chi connectivity index (χ4v) is 3.28. The van der Waals surface area contributed by atoms with Crippen LogP contribution in [0, 0.1) is 6.92 Å². The van der Waals surface area contributed by atoms with E-state index in [0.717, 1.165) is 27.4 Å². The van der Waals surface area contributed by atoms with Crippen LogP contribution in [0.5, 0.6) is 0 Å². The molecular weight excluding hydrogens is 304 g/mol. The molecule has 3 aromatic rings. The SMILES string of the molecule is Cc1ccc(C(=O)N(C)c2csc(-c3cccc(N)c3)c2)cc1. The van der Waals surface area contributed by atoms with Gasteiger partial charge in [-0.15, -0.1) is 11.3 Å². The van der Waals surface area contributed by atoms with Gasteiger partial charge in [-0.1, -0.05) is 29.8 Å². The van der Waals surface area contributed by atoms with Crippen molar-refractivity contribution in [1.82, 2.24) is 0 Å². The van der Waals surface area contributed by atoms with Gasteiger partial charge in [-0.2, -0.15) is 0 Å². The summed E-state index contributed by atoms with van der Waals surface area (Å²) < 4.78 is 0. The monoisotopic (exact) mass is 322 g/mol. The zero-order valence-corrected chi connectivity index (χ0v) is 13.9. The molecule has 2 aromatic carbocycles. The Morgan fingerprint density at radius 2 is 1.83 bits per heavy atom. The topological polar surface area (TPSA) is 46.3 Å². The lowest BCUT2D eigenvalue weighted by Crippen LogP contribution is -2.25. The van der Waals surface area contributed by atoms with E-state index < -0.39 is 0 Å². The minimum Gasteiger partial charge on any atom is -0.399 e. The highest BCUT2D eigenvalue weighted by atomic mass is 32.1. The van der Waals surface area contributed by atoms with Crippen LogP contribution in [-0.2, 0) is 0 Å². The van der Waals surface area contributed by atoms with Crippen molar-refractivity contribution >= 4 is 28.6 Å². The summed E-state index contributed by atoms with van der Waals surface area (Å²) in [6.07, 6.45) is 0. The van der Waals surface area contributed by atoms with Gasteiger partial charge in [-0.25, -0.2) is 0 Å². The first-order valence-electron chi connectivity index (χ1n) is 7.34. The molecule has 0 fully saturated rings. The van der Waals surface area contributed by atoms with Gasteiger partial charge in [0.15, 0.2) is 0 Å². The zero-order chi connectivity index (χ0) is 16.4. The first-order chi connectivity index (χ1) is 11.0. The van der Waals surface area contributed by atoms with Gasteiger partial charge in [-0.05, 0) is 42.8 Å². The van der Waals surface area contributed by atoms with Crippen LogP contribution in [0.2, 0.25) is 0 Å². The Bertz CT molecular complexity index is 837. The number of aryl methyl sites for hydroxylation is 1. The molecule has 1 aromatic heterocycles. The fraction of sp³-hybridized carbons (Fsp3) is 0.105. The summed E-state index contributed by atoms with van der Waals surface area (Å²) in [6.45, 7) is 2.01. The number of amides is 1. The molecule has 0 aliphatic heterocycles. The fourth-order valence-electron chi connectivity index (χ4n) is 2.35. The van der Waals surface area contributed by atoms with Crippen LogP contribution in [0.3, 0.4) is 0 Å². The molecule has 0 spiro atoms. The van der Waals surface area contributed by atoms with E-state index in [4.69, 9.17) is 5.73 Å². The van der Waals surface area contributed by atoms with Crippen LogP contribution in [0.4, 0.5) is 11.4 Å². The third-order valence-electron chi connectivity index (χ3n) is 3.75. The Labute approximate surface area is 140 Å². The summed E-state index contributed by atoms with van der Waals surface area (Å²) in [5.74, 6) is -0.0121. The minimum atomic E-state index is -0.0121. The van der Waals surface area contributed by atoms with Crippen LogP contribution in [0.25, 0.3) is 10.4 Å². The number of thiophene rings is 1. The van der Waals surface area contributed by atoms with Gasteiger partial charge in [0, 0.05) is 28.6 Å². The average molecular weight is 322 g/mol. The van der Waals surface area contributed by atoms with E-state index in [-0.39, 0.29) is 5.91 Å². The van der Waals surface area contributed by atoms with Gasteiger partial charge in [0.25, 0.3) is 5.91 Å². The van der Waals surface area contributed by atoms with Crippen molar-refractivity contribution < 1.29 is 4.79 Å². The number of benzene rings is 2. The van der Waals surface area contributed by atoms with Crippen LogP contribution in [-0.4, -0.2) is 13.0 Å². The molecule has 116 valence electrons. The molecule has 1 heterocycles. The molecule has 23 heavy (non-hydrogen) atoms. The number of nitrogens with zero attached hydrogens (tertiary/aromatic N) is 1. The Morgan fingerprint density at radius 1 is 1.09 bits per heavy atom. The lowest BCUT2D eigenvalue weighted by atomic mass is 10.1. The number of nitrogens with two attached hydrogens (primary N) is 1. The number of rotatable bonds is 3. The van der Waals surface area contributed by atoms with E-state index in [1.165, 1.54) is 0 Å². The number of hydrogen-bond acceptors (Lipinski definition) is 3. The highest BCUT2D eigenvalue weighted by Gasteiger charge is 2.15. The molecule has 0 unspecified atom stereocenters. The summed E-state index contributed by atoms with van der Waals surface area (Å²) in [5, 5.41) is 1.99. The van der Waals surface area contributed by atoms with Crippen molar-refractivity contribution in [2.24, 2.45) is 0 Å². The Morgan fingerprint density at radius 3 is 2.52 bits per heavy atom. The van der Waals surface area contributed by atoms with Crippen LogP contribution in [0.1, 0.15) is 15.9 Å². The molecule has 0 aliphatic carbocycles.